The van der Waals surface area contributed by atoms with Crippen molar-refractivity contribution in [3.8, 4) is 0 Å². The Balaban J connectivity index is 1.39. The highest BCUT2D eigenvalue weighted by atomic mass is 16.5. The number of rotatable bonds is 7. The largest absolute Gasteiger partial charge is 0.373 e. The summed E-state index contributed by atoms with van der Waals surface area (Å²) >= 11 is 0. The summed E-state index contributed by atoms with van der Waals surface area (Å²) in [5.74, 6) is 0.663. The molecule has 0 radical (unpaired) electrons. The van der Waals surface area contributed by atoms with Crippen LogP contribution in [0.15, 0.2) is 0 Å². The van der Waals surface area contributed by atoms with Gasteiger partial charge in [0.25, 0.3) is 0 Å². The van der Waals surface area contributed by atoms with Crippen LogP contribution in [0.5, 0.6) is 0 Å². The number of carbonyl (C=O) groups excluding carboxylic acids is 2. The molecule has 2 saturated heterocycles. The summed E-state index contributed by atoms with van der Waals surface area (Å²) in [7, 11) is 0. The van der Waals surface area contributed by atoms with E-state index in [1.807, 2.05) is 0 Å². The van der Waals surface area contributed by atoms with Crippen molar-refractivity contribution in [3.05, 3.63) is 0 Å². The SMILES string of the molecule is CC1CN(CC2CCCN2C(=O)CCCNC(=O)C2CC2)CC(C)O1. The first-order valence-electron chi connectivity index (χ1n) is 9.98. The maximum absolute atomic E-state index is 12.6. The molecule has 3 rings (SSSR count). The fourth-order valence-electron chi connectivity index (χ4n) is 4.17. The van der Waals surface area contributed by atoms with Crippen molar-refractivity contribution < 1.29 is 14.3 Å². The van der Waals surface area contributed by atoms with Gasteiger partial charge in [0.2, 0.25) is 11.8 Å². The third-order valence-electron chi connectivity index (χ3n) is 5.48. The summed E-state index contributed by atoms with van der Waals surface area (Å²) in [4.78, 5) is 28.7. The van der Waals surface area contributed by atoms with Crippen molar-refractivity contribution in [1.82, 2.24) is 15.1 Å². The van der Waals surface area contributed by atoms with Gasteiger partial charge < -0.3 is 15.0 Å². The van der Waals surface area contributed by atoms with E-state index in [0.717, 1.165) is 58.3 Å². The molecule has 0 aromatic carbocycles. The van der Waals surface area contributed by atoms with Crippen LogP contribution in [0.2, 0.25) is 0 Å². The molecule has 0 spiro atoms. The molecule has 1 aliphatic carbocycles. The fourth-order valence-corrected chi connectivity index (χ4v) is 4.17. The summed E-state index contributed by atoms with van der Waals surface area (Å²) in [5, 5.41) is 2.95. The lowest BCUT2D eigenvalue weighted by molar-refractivity contribution is -0.133. The topological polar surface area (TPSA) is 61.9 Å². The van der Waals surface area contributed by atoms with Gasteiger partial charge in [0.1, 0.15) is 0 Å². The monoisotopic (exact) mass is 351 g/mol. The Kier molecular flexibility index (Phi) is 6.34. The van der Waals surface area contributed by atoms with E-state index in [9.17, 15) is 9.59 Å². The Labute approximate surface area is 151 Å². The Hall–Kier alpha value is -1.14. The van der Waals surface area contributed by atoms with Gasteiger partial charge in [-0.15, -0.1) is 0 Å². The molecule has 2 aliphatic heterocycles. The van der Waals surface area contributed by atoms with Crippen LogP contribution < -0.4 is 5.32 Å². The Morgan fingerprint density at radius 1 is 1.12 bits per heavy atom. The minimum absolute atomic E-state index is 0.169. The molecule has 0 aromatic heterocycles. The van der Waals surface area contributed by atoms with Gasteiger partial charge in [-0.05, 0) is 46.0 Å². The first-order valence-corrected chi connectivity index (χ1v) is 9.98. The number of carbonyl (C=O) groups is 2. The Bertz CT molecular complexity index is 471. The van der Waals surface area contributed by atoms with E-state index in [-0.39, 0.29) is 29.9 Å². The number of hydrogen-bond acceptors (Lipinski definition) is 4. The molecule has 142 valence electrons. The number of nitrogens with one attached hydrogen (secondary N) is 1. The molecule has 0 bridgehead atoms. The molecule has 25 heavy (non-hydrogen) atoms. The normalized spacial score (nSPS) is 30.5. The van der Waals surface area contributed by atoms with Gasteiger partial charge >= 0.3 is 0 Å². The predicted octanol–water partition coefficient (Wildman–Crippen LogP) is 1.39. The van der Waals surface area contributed by atoms with E-state index in [1.165, 1.54) is 0 Å². The maximum atomic E-state index is 12.6. The van der Waals surface area contributed by atoms with E-state index in [0.29, 0.717) is 19.0 Å². The van der Waals surface area contributed by atoms with Gasteiger partial charge in [-0.3, -0.25) is 14.5 Å². The predicted molar refractivity (Wildman–Crippen MR) is 96.2 cm³/mol. The fraction of sp³-hybridized carbons (Fsp3) is 0.895. The average Bonchev–Trinajstić information content (AvgIpc) is 3.30. The maximum Gasteiger partial charge on any atom is 0.223 e. The van der Waals surface area contributed by atoms with Crippen LogP contribution in [0.1, 0.15) is 52.4 Å². The molecule has 0 aromatic rings. The van der Waals surface area contributed by atoms with Crippen LogP contribution in [-0.4, -0.2) is 72.6 Å². The zero-order valence-corrected chi connectivity index (χ0v) is 15.7. The molecule has 3 unspecified atom stereocenters. The number of morpholine rings is 1. The second kappa shape index (κ2) is 8.49. The number of nitrogens with zero attached hydrogens (tertiary/aromatic N) is 2. The molecular formula is C19H33N3O3. The van der Waals surface area contributed by atoms with Gasteiger partial charge in [0.05, 0.1) is 12.2 Å². The summed E-state index contributed by atoms with van der Waals surface area (Å²) in [6.45, 7) is 8.62. The number of amides is 2. The van der Waals surface area contributed by atoms with Crippen LogP contribution in [0, 0.1) is 5.92 Å². The number of hydrogen-bond donors (Lipinski definition) is 1. The lowest BCUT2D eigenvalue weighted by Gasteiger charge is -2.38. The van der Waals surface area contributed by atoms with Crippen molar-refractivity contribution in [2.24, 2.45) is 5.92 Å². The molecule has 3 fully saturated rings. The van der Waals surface area contributed by atoms with Crippen molar-refractivity contribution >= 4 is 11.8 Å². The molecule has 1 saturated carbocycles. The summed E-state index contributed by atoms with van der Waals surface area (Å²) in [6.07, 6.45) is 6.07. The van der Waals surface area contributed by atoms with Crippen molar-refractivity contribution in [1.29, 1.82) is 0 Å². The zero-order valence-electron chi connectivity index (χ0n) is 15.7. The van der Waals surface area contributed by atoms with E-state index in [2.05, 4.69) is 29.0 Å². The molecule has 1 N–H and O–H groups in total. The highest BCUT2D eigenvalue weighted by molar-refractivity contribution is 5.81. The first-order chi connectivity index (χ1) is 12.0. The molecule has 6 heteroatoms. The lowest BCUT2D eigenvalue weighted by Crippen LogP contribution is -2.50. The van der Waals surface area contributed by atoms with E-state index in [1.54, 1.807) is 0 Å². The summed E-state index contributed by atoms with van der Waals surface area (Å²) in [5.41, 5.74) is 0. The third-order valence-corrected chi connectivity index (χ3v) is 5.48. The van der Waals surface area contributed by atoms with Gasteiger partial charge in [-0.2, -0.15) is 0 Å². The Morgan fingerprint density at radius 2 is 1.84 bits per heavy atom. The summed E-state index contributed by atoms with van der Waals surface area (Å²) < 4.78 is 5.80. The van der Waals surface area contributed by atoms with E-state index >= 15 is 0 Å². The highest BCUT2D eigenvalue weighted by Gasteiger charge is 2.32. The highest BCUT2D eigenvalue weighted by Crippen LogP contribution is 2.28. The molecule has 3 atom stereocenters. The van der Waals surface area contributed by atoms with Crippen molar-refractivity contribution in [3.63, 3.8) is 0 Å². The van der Waals surface area contributed by atoms with E-state index in [4.69, 9.17) is 4.74 Å². The lowest BCUT2D eigenvalue weighted by atomic mass is 10.1. The standard InChI is InChI=1S/C19H33N3O3/c1-14-11-21(12-15(2)25-14)13-17-5-4-10-22(17)18(23)6-3-9-20-19(24)16-7-8-16/h14-17H,3-13H2,1-2H3,(H,20,24). The molecule has 2 heterocycles. The molecule has 3 aliphatic rings. The number of likely N-dealkylation sites (tertiary alicyclic amines) is 1. The van der Waals surface area contributed by atoms with Gasteiger partial charge in [-0.1, -0.05) is 0 Å². The average molecular weight is 351 g/mol. The molecule has 6 nitrogen and oxygen atoms in total. The van der Waals surface area contributed by atoms with Crippen LogP contribution in [-0.2, 0) is 14.3 Å². The Morgan fingerprint density at radius 3 is 2.52 bits per heavy atom. The van der Waals surface area contributed by atoms with Crippen LogP contribution in [0.4, 0.5) is 0 Å². The van der Waals surface area contributed by atoms with Gasteiger partial charge in [0, 0.05) is 51.1 Å². The summed E-state index contributed by atoms with van der Waals surface area (Å²) in [6, 6.07) is 0.339. The number of ether oxygens (including phenoxy) is 1. The van der Waals surface area contributed by atoms with Crippen molar-refractivity contribution in [2.75, 3.05) is 32.7 Å². The minimum atomic E-state index is 0.169. The van der Waals surface area contributed by atoms with Crippen molar-refractivity contribution in [2.45, 2.75) is 70.6 Å². The molecule has 2 amide bonds. The first kappa shape index (κ1) is 18.6. The smallest absolute Gasteiger partial charge is 0.223 e. The van der Waals surface area contributed by atoms with Crippen LogP contribution in [0.3, 0.4) is 0 Å². The second-order valence-corrected chi connectivity index (χ2v) is 8.03. The third kappa shape index (κ3) is 5.42. The van der Waals surface area contributed by atoms with Gasteiger partial charge in [0.15, 0.2) is 0 Å². The second-order valence-electron chi connectivity index (χ2n) is 8.03. The van der Waals surface area contributed by atoms with Crippen LogP contribution >= 0.6 is 0 Å². The quantitative estimate of drug-likeness (QED) is 0.704. The van der Waals surface area contributed by atoms with E-state index < -0.39 is 0 Å². The molecular weight excluding hydrogens is 318 g/mol. The van der Waals surface area contributed by atoms with Gasteiger partial charge in [-0.25, -0.2) is 0 Å². The minimum Gasteiger partial charge on any atom is -0.373 e. The van der Waals surface area contributed by atoms with Crippen LogP contribution in [0.25, 0.3) is 0 Å². The zero-order chi connectivity index (χ0) is 17.8.